The molecule has 4 N–H and O–H groups in total. The number of primary amides is 1. The molecule has 1 fully saturated rings. The number of carbonyl (C=O) groups excluding carboxylic acids is 1. The van der Waals surface area contributed by atoms with E-state index >= 15 is 0 Å². The second-order valence-electron chi connectivity index (χ2n) is 7.89. The van der Waals surface area contributed by atoms with Crippen molar-refractivity contribution in [1.29, 1.82) is 0 Å². The molecular formula is C23H27N5O2. The Morgan fingerprint density at radius 2 is 2.07 bits per heavy atom. The minimum Gasteiger partial charge on any atom is -0.437 e. The van der Waals surface area contributed by atoms with Crippen LogP contribution in [0.3, 0.4) is 0 Å². The maximum absolute atomic E-state index is 11.9. The van der Waals surface area contributed by atoms with E-state index in [-0.39, 0.29) is 11.4 Å². The molecule has 0 radical (unpaired) electrons. The summed E-state index contributed by atoms with van der Waals surface area (Å²) in [5.74, 6) is 0.253. The van der Waals surface area contributed by atoms with Gasteiger partial charge in [0.05, 0.1) is 6.04 Å². The number of benzene rings is 1. The van der Waals surface area contributed by atoms with Crippen molar-refractivity contribution in [2.24, 2.45) is 16.5 Å². The summed E-state index contributed by atoms with van der Waals surface area (Å²) in [5, 5.41) is 0. The van der Waals surface area contributed by atoms with Gasteiger partial charge in [-0.3, -0.25) is 9.79 Å². The quantitative estimate of drug-likeness (QED) is 0.717. The summed E-state index contributed by atoms with van der Waals surface area (Å²) < 4.78 is 6.29. The molecule has 4 rings (SSSR count). The molecule has 30 heavy (non-hydrogen) atoms. The Morgan fingerprint density at radius 1 is 1.27 bits per heavy atom. The molecule has 7 nitrogen and oxygen atoms in total. The van der Waals surface area contributed by atoms with E-state index in [1.54, 1.807) is 24.5 Å². The summed E-state index contributed by atoms with van der Waals surface area (Å²) in [4.78, 5) is 23.0. The largest absolute Gasteiger partial charge is 0.437 e. The zero-order chi connectivity index (χ0) is 21.3. The van der Waals surface area contributed by atoms with E-state index < -0.39 is 5.91 Å². The number of hydrogen-bond acceptors (Lipinski definition) is 6. The second kappa shape index (κ2) is 8.18. The van der Waals surface area contributed by atoms with Gasteiger partial charge in [0.15, 0.2) is 0 Å². The van der Waals surface area contributed by atoms with Crippen LogP contribution in [0.25, 0.3) is 5.57 Å². The van der Waals surface area contributed by atoms with E-state index in [0.29, 0.717) is 17.8 Å². The number of hydrogen-bond donors (Lipinski definition) is 2. The van der Waals surface area contributed by atoms with Gasteiger partial charge in [0.1, 0.15) is 11.3 Å². The van der Waals surface area contributed by atoms with E-state index in [9.17, 15) is 4.79 Å². The van der Waals surface area contributed by atoms with Gasteiger partial charge in [-0.25, -0.2) is 4.98 Å². The van der Waals surface area contributed by atoms with Gasteiger partial charge < -0.3 is 21.1 Å². The lowest BCUT2D eigenvalue weighted by Crippen LogP contribution is -2.33. The maximum atomic E-state index is 11.9. The number of fused-ring (bicyclic) bond motifs is 1. The number of pyridine rings is 1. The number of anilines is 1. The highest BCUT2D eigenvalue weighted by Crippen LogP contribution is 2.42. The Labute approximate surface area is 176 Å². The first-order valence-electron chi connectivity index (χ1n) is 10.3. The van der Waals surface area contributed by atoms with E-state index in [0.717, 1.165) is 48.1 Å². The summed E-state index contributed by atoms with van der Waals surface area (Å²) in [6.45, 7) is 2.20. The van der Waals surface area contributed by atoms with E-state index in [1.165, 1.54) is 0 Å². The average molecular weight is 406 g/mol. The summed E-state index contributed by atoms with van der Waals surface area (Å²) in [6.07, 6.45) is 9.00. The lowest BCUT2D eigenvalue weighted by molar-refractivity contribution is 0.0997. The molecule has 0 saturated heterocycles. The van der Waals surface area contributed by atoms with Crippen LogP contribution < -0.4 is 21.1 Å². The molecule has 1 saturated carbocycles. The van der Waals surface area contributed by atoms with Crippen LogP contribution in [0.2, 0.25) is 0 Å². The number of rotatable bonds is 6. The fraction of sp³-hybridized carbons (Fsp3) is 0.348. The van der Waals surface area contributed by atoms with Gasteiger partial charge in [-0.2, -0.15) is 0 Å². The van der Waals surface area contributed by atoms with Gasteiger partial charge in [-0.15, -0.1) is 0 Å². The van der Waals surface area contributed by atoms with E-state index in [1.807, 2.05) is 12.3 Å². The zero-order valence-electron chi connectivity index (χ0n) is 17.3. The number of allylic oxidation sites excluding steroid dienone is 1. The fourth-order valence-corrected chi connectivity index (χ4v) is 3.69. The smallest absolute Gasteiger partial charge is 0.254 e. The predicted octanol–water partition coefficient (Wildman–Crippen LogP) is 3.28. The monoisotopic (exact) mass is 405 g/mol. The lowest BCUT2D eigenvalue weighted by Gasteiger charge is -2.35. The lowest BCUT2D eigenvalue weighted by atomic mass is 9.92. The van der Waals surface area contributed by atoms with Crippen LogP contribution in [0.1, 0.15) is 47.7 Å². The Hall–Kier alpha value is -3.35. The molecule has 1 aromatic heterocycles. The summed E-state index contributed by atoms with van der Waals surface area (Å²) in [7, 11) is 2.08. The molecule has 1 aromatic carbocycles. The Bertz CT molecular complexity index is 1030. The molecule has 1 aliphatic heterocycles. The van der Waals surface area contributed by atoms with Crippen molar-refractivity contribution >= 4 is 23.4 Å². The number of ether oxygens (including phenoxy) is 1. The van der Waals surface area contributed by atoms with Crippen molar-refractivity contribution in [3.63, 3.8) is 0 Å². The Balaban J connectivity index is 1.84. The number of aliphatic imine (C=N–C) groups is 1. The van der Waals surface area contributed by atoms with Crippen molar-refractivity contribution in [2.45, 2.75) is 44.7 Å². The molecule has 1 aliphatic carbocycles. The van der Waals surface area contributed by atoms with Crippen molar-refractivity contribution < 1.29 is 9.53 Å². The molecular weight excluding hydrogens is 378 g/mol. The van der Waals surface area contributed by atoms with Gasteiger partial charge in [-0.1, -0.05) is 0 Å². The number of carbonyl (C=O) groups is 1. The van der Waals surface area contributed by atoms with E-state index in [4.69, 9.17) is 16.2 Å². The molecule has 156 valence electrons. The predicted molar refractivity (Wildman–Crippen MR) is 119 cm³/mol. The van der Waals surface area contributed by atoms with Gasteiger partial charge in [0, 0.05) is 54.1 Å². The molecule has 2 heterocycles. The van der Waals surface area contributed by atoms with Crippen LogP contribution in [0.15, 0.2) is 41.7 Å². The van der Waals surface area contributed by atoms with Gasteiger partial charge in [-0.05, 0) is 56.9 Å². The highest BCUT2D eigenvalue weighted by atomic mass is 16.5. The van der Waals surface area contributed by atoms with Crippen molar-refractivity contribution in [3.05, 3.63) is 53.4 Å². The molecule has 7 heteroatoms. The highest BCUT2D eigenvalue weighted by molar-refractivity contribution is 6.11. The summed E-state index contributed by atoms with van der Waals surface area (Å²) in [6, 6.07) is 8.17. The first-order chi connectivity index (χ1) is 14.5. The van der Waals surface area contributed by atoms with Crippen LogP contribution in [0, 0.1) is 0 Å². The normalized spacial score (nSPS) is 19.1. The number of nitrogens with zero attached hydrogens (tertiary/aromatic N) is 3. The zero-order valence-corrected chi connectivity index (χ0v) is 17.3. The maximum Gasteiger partial charge on any atom is 0.254 e. The third-order valence-electron chi connectivity index (χ3n) is 5.79. The molecule has 0 bridgehead atoms. The summed E-state index contributed by atoms with van der Waals surface area (Å²) >= 11 is 0. The molecule has 2 aliphatic rings. The molecule has 1 atom stereocenters. The minimum absolute atomic E-state index is 0.191. The second-order valence-corrected chi connectivity index (χ2v) is 7.89. The van der Waals surface area contributed by atoms with Crippen LogP contribution in [-0.2, 0) is 6.42 Å². The van der Waals surface area contributed by atoms with Crippen LogP contribution in [0.4, 0.5) is 5.69 Å². The standard InChI is InChI=1S/C23H27N5O2/c1-14-5-8-18-20(28(14)2)10-9-17(15(12-24)13-27-16-6-7-16)21(18)30-23-19(22(25)29)4-3-11-26-23/h3-4,9-14,16H,5-8,24H2,1-2H3,(H2,25,29). The SMILES string of the molecule is CC1CCc2c(ccc(C(C=NC3CC3)=CN)c2Oc2ncccc2C(N)=O)N1C. The Morgan fingerprint density at radius 3 is 2.77 bits per heavy atom. The average Bonchev–Trinajstić information content (AvgIpc) is 3.57. The summed E-state index contributed by atoms with van der Waals surface area (Å²) in [5.41, 5.74) is 15.5. The Kier molecular flexibility index (Phi) is 5.44. The van der Waals surface area contributed by atoms with Gasteiger partial charge in [0.25, 0.3) is 5.91 Å². The van der Waals surface area contributed by atoms with Crippen LogP contribution >= 0.6 is 0 Å². The first-order valence-corrected chi connectivity index (χ1v) is 10.3. The van der Waals surface area contributed by atoms with Gasteiger partial charge in [0.2, 0.25) is 5.88 Å². The van der Waals surface area contributed by atoms with Crippen molar-refractivity contribution in [2.75, 3.05) is 11.9 Å². The van der Waals surface area contributed by atoms with Gasteiger partial charge >= 0.3 is 0 Å². The van der Waals surface area contributed by atoms with Crippen LogP contribution in [-0.4, -0.2) is 36.2 Å². The van der Waals surface area contributed by atoms with E-state index in [2.05, 4.69) is 34.9 Å². The third-order valence-corrected chi connectivity index (χ3v) is 5.79. The first kappa shape index (κ1) is 19.9. The van der Waals surface area contributed by atoms with Crippen LogP contribution in [0.5, 0.6) is 11.6 Å². The molecule has 0 spiro atoms. The molecule has 1 unspecified atom stereocenters. The minimum atomic E-state index is -0.583. The highest BCUT2D eigenvalue weighted by Gasteiger charge is 2.27. The van der Waals surface area contributed by atoms with Crippen molar-refractivity contribution in [1.82, 2.24) is 4.98 Å². The number of aromatic nitrogens is 1. The number of nitrogens with two attached hydrogens (primary N) is 2. The molecule has 1 amide bonds. The van der Waals surface area contributed by atoms with Crippen molar-refractivity contribution in [3.8, 4) is 11.6 Å². The third kappa shape index (κ3) is 3.87. The topological polar surface area (TPSA) is 107 Å². The molecule has 2 aromatic rings. The number of amides is 1. The fourth-order valence-electron chi connectivity index (χ4n) is 3.69.